The predicted molar refractivity (Wildman–Crippen MR) is 81.5 cm³/mol. The summed E-state index contributed by atoms with van der Waals surface area (Å²) in [6.07, 6.45) is 3.62. The number of esters is 1. The Bertz CT molecular complexity index is 428. The van der Waals surface area contributed by atoms with Gasteiger partial charge in [0.2, 0.25) is 5.91 Å². The summed E-state index contributed by atoms with van der Waals surface area (Å²) >= 11 is 0. The molecule has 1 saturated carbocycles. The maximum atomic E-state index is 11.8. The van der Waals surface area contributed by atoms with Crippen molar-refractivity contribution in [3.63, 3.8) is 0 Å². The predicted octanol–water partition coefficient (Wildman–Crippen LogP) is 0.0415. The Morgan fingerprint density at radius 2 is 2.04 bits per heavy atom. The number of nitrogens with one attached hydrogen (secondary N) is 1. The summed E-state index contributed by atoms with van der Waals surface area (Å²) in [4.78, 5) is 34.2. The van der Waals surface area contributed by atoms with Gasteiger partial charge in [0.25, 0.3) is 0 Å². The normalized spacial score (nSPS) is 23.6. The molecule has 132 valence electrons. The van der Waals surface area contributed by atoms with Crippen LogP contribution in [-0.2, 0) is 23.9 Å². The van der Waals surface area contributed by atoms with Gasteiger partial charge < -0.3 is 25.6 Å². The summed E-state index contributed by atoms with van der Waals surface area (Å²) in [6.45, 7) is 2.13. The van der Waals surface area contributed by atoms with Crippen molar-refractivity contribution in [1.29, 1.82) is 0 Å². The van der Waals surface area contributed by atoms with E-state index in [1.807, 2.05) is 0 Å². The number of hydrogen-bond acceptors (Lipinski definition) is 6. The molecule has 4 atom stereocenters. The Kier molecular flexibility index (Phi) is 7.97. The number of amides is 1. The Hall–Kier alpha value is -1.67. The Morgan fingerprint density at radius 3 is 2.61 bits per heavy atom. The van der Waals surface area contributed by atoms with Crippen LogP contribution in [0.5, 0.6) is 0 Å². The second-order valence-electron chi connectivity index (χ2n) is 6.02. The Morgan fingerprint density at radius 1 is 1.35 bits per heavy atom. The average Bonchev–Trinajstić information content (AvgIpc) is 2.49. The molecule has 0 heterocycles. The van der Waals surface area contributed by atoms with Gasteiger partial charge in [-0.2, -0.15) is 0 Å². The van der Waals surface area contributed by atoms with E-state index in [-0.39, 0.29) is 12.7 Å². The van der Waals surface area contributed by atoms with Crippen molar-refractivity contribution in [2.75, 3.05) is 13.7 Å². The lowest BCUT2D eigenvalue weighted by atomic mass is 9.89. The summed E-state index contributed by atoms with van der Waals surface area (Å²) in [7, 11) is 1.21. The fourth-order valence-corrected chi connectivity index (χ4v) is 2.63. The number of carbonyl (C=O) groups excluding carboxylic acids is 2. The van der Waals surface area contributed by atoms with Gasteiger partial charge in [0, 0.05) is 0 Å². The van der Waals surface area contributed by atoms with Crippen LogP contribution in [0.15, 0.2) is 0 Å². The van der Waals surface area contributed by atoms with E-state index in [2.05, 4.69) is 17.0 Å². The highest BCUT2D eigenvalue weighted by Crippen LogP contribution is 2.25. The van der Waals surface area contributed by atoms with Gasteiger partial charge in [-0.3, -0.25) is 9.59 Å². The molecule has 1 aliphatic rings. The number of aliphatic carboxylic acids is 1. The minimum Gasteiger partial charge on any atom is -0.481 e. The molecule has 2 unspecified atom stereocenters. The highest BCUT2D eigenvalue weighted by molar-refractivity contribution is 5.89. The van der Waals surface area contributed by atoms with Crippen LogP contribution in [0, 0.1) is 5.92 Å². The maximum Gasteiger partial charge on any atom is 0.330 e. The molecule has 1 fully saturated rings. The van der Waals surface area contributed by atoms with Gasteiger partial charge in [-0.1, -0.05) is 19.8 Å². The lowest BCUT2D eigenvalue weighted by Gasteiger charge is -2.28. The Balaban J connectivity index is 2.53. The van der Waals surface area contributed by atoms with Gasteiger partial charge in [0.05, 0.1) is 32.3 Å². The van der Waals surface area contributed by atoms with Gasteiger partial charge >= 0.3 is 11.9 Å². The molecule has 8 nitrogen and oxygen atoms in total. The van der Waals surface area contributed by atoms with E-state index >= 15 is 0 Å². The van der Waals surface area contributed by atoms with E-state index < -0.39 is 36.4 Å². The van der Waals surface area contributed by atoms with Crippen LogP contribution >= 0.6 is 0 Å². The molecule has 0 aromatic heterocycles. The third kappa shape index (κ3) is 6.96. The first-order valence-electron chi connectivity index (χ1n) is 7.80. The van der Waals surface area contributed by atoms with E-state index in [0.29, 0.717) is 5.92 Å². The topological polar surface area (TPSA) is 128 Å². The van der Waals surface area contributed by atoms with Crippen LogP contribution in [0.25, 0.3) is 0 Å². The van der Waals surface area contributed by atoms with Crippen LogP contribution in [0.1, 0.15) is 39.0 Å². The average molecular weight is 330 g/mol. The number of carbonyl (C=O) groups is 3. The van der Waals surface area contributed by atoms with Gasteiger partial charge in [0.15, 0.2) is 6.04 Å². The molecular formula is C15H26N2O6. The third-order valence-corrected chi connectivity index (χ3v) is 3.92. The van der Waals surface area contributed by atoms with Crippen molar-refractivity contribution in [3.05, 3.63) is 0 Å². The van der Waals surface area contributed by atoms with Gasteiger partial charge in [-0.15, -0.1) is 0 Å². The molecule has 23 heavy (non-hydrogen) atoms. The first-order valence-corrected chi connectivity index (χ1v) is 7.80. The zero-order valence-corrected chi connectivity index (χ0v) is 13.6. The van der Waals surface area contributed by atoms with Gasteiger partial charge in [0.1, 0.15) is 0 Å². The molecule has 0 aliphatic heterocycles. The largest absolute Gasteiger partial charge is 0.481 e. The molecule has 0 saturated heterocycles. The summed E-state index contributed by atoms with van der Waals surface area (Å²) in [5, 5.41) is 11.0. The van der Waals surface area contributed by atoms with Crippen molar-refractivity contribution < 1.29 is 29.0 Å². The highest BCUT2D eigenvalue weighted by atomic mass is 16.5. The van der Waals surface area contributed by atoms with Crippen molar-refractivity contribution in [2.45, 2.75) is 57.2 Å². The SMILES string of the molecule is COC(=O)[C@H](COC1CCCC(C)C1)NC(=O)[C@@H](N)CC(=O)O. The molecule has 0 aromatic carbocycles. The number of carboxylic acids is 1. The molecule has 4 N–H and O–H groups in total. The fourth-order valence-electron chi connectivity index (χ4n) is 2.63. The first-order chi connectivity index (χ1) is 10.8. The standard InChI is InChI=1S/C15H26N2O6/c1-9-4-3-5-10(6-9)23-8-12(15(21)22-2)17-14(20)11(16)7-13(18)19/h9-12H,3-8,16H2,1-2H3,(H,17,20)(H,18,19)/t9?,10?,11-,12-/m0/s1. The van der Waals surface area contributed by atoms with Crippen molar-refractivity contribution in [3.8, 4) is 0 Å². The van der Waals surface area contributed by atoms with E-state index in [9.17, 15) is 14.4 Å². The fraction of sp³-hybridized carbons (Fsp3) is 0.800. The first kappa shape index (κ1) is 19.4. The second kappa shape index (κ2) is 9.46. The number of nitrogens with two attached hydrogens (primary N) is 1. The van der Waals surface area contributed by atoms with E-state index in [0.717, 1.165) is 19.3 Å². The van der Waals surface area contributed by atoms with Gasteiger partial charge in [-0.05, 0) is 18.8 Å². The molecule has 8 heteroatoms. The zero-order chi connectivity index (χ0) is 17.4. The van der Waals surface area contributed by atoms with E-state index in [1.54, 1.807) is 0 Å². The number of hydrogen-bond donors (Lipinski definition) is 3. The molecular weight excluding hydrogens is 304 g/mol. The Labute approximate surface area is 135 Å². The number of rotatable bonds is 8. The lowest BCUT2D eigenvalue weighted by Crippen LogP contribution is -2.51. The summed E-state index contributed by atoms with van der Waals surface area (Å²) in [5.41, 5.74) is 5.48. The molecule has 0 bridgehead atoms. The highest BCUT2D eigenvalue weighted by Gasteiger charge is 2.28. The second-order valence-corrected chi connectivity index (χ2v) is 6.02. The molecule has 1 amide bonds. The molecule has 1 rings (SSSR count). The maximum absolute atomic E-state index is 11.8. The monoisotopic (exact) mass is 330 g/mol. The summed E-state index contributed by atoms with van der Waals surface area (Å²) in [6, 6.07) is -2.22. The number of carboxylic acid groups (broad SMARTS) is 1. The number of ether oxygens (including phenoxy) is 2. The van der Waals surface area contributed by atoms with Gasteiger partial charge in [-0.25, -0.2) is 4.79 Å². The lowest BCUT2D eigenvalue weighted by molar-refractivity contribution is -0.148. The minimum absolute atomic E-state index is 0.0183. The minimum atomic E-state index is -1.23. The molecule has 0 radical (unpaired) electrons. The smallest absolute Gasteiger partial charge is 0.330 e. The van der Waals surface area contributed by atoms with Crippen LogP contribution in [0.3, 0.4) is 0 Å². The molecule has 0 aromatic rings. The molecule has 0 spiro atoms. The van der Waals surface area contributed by atoms with E-state index in [1.165, 1.54) is 13.5 Å². The van der Waals surface area contributed by atoms with Crippen LogP contribution in [0.2, 0.25) is 0 Å². The van der Waals surface area contributed by atoms with Crippen molar-refractivity contribution in [2.24, 2.45) is 11.7 Å². The summed E-state index contributed by atoms with van der Waals surface area (Å²) in [5.74, 6) is -1.98. The van der Waals surface area contributed by atoms with Crippen LogP contribution < -0.4 is 11.1 Å². The van der Waals surface area contributed by atoms with Crippen molar-refractivity contribution >= 4 is 17.8 Å². The quantitative estimate of drug-likeness (QED) is 0.536. The number of methoxy groups -OCH3 is 1. The van der Waals surface area contributed by atoms with E-state index in [4.69, 9.17) is 15.6 Å². The van der Waals surface area contributed by atoms with Crippen molar-refractivity contribution in [1.82, 2.24) is 5.32 Å². The molecule has 1 aliphatic carbocycles. The van der Waals surface area contributed by atoms with Crippen LogP contribution in [-0.4, -0.2) is 54.9 Å². The third-order valence-electron chi connectivity index (χ3n) is 3.92. The zero-order valence-electron chi connectivity index (χ0n) is 13.6. The van der Waals surface area contributed by atoms with Crippen LogP contribution in [0.4, 0.5) is 0 Å². The summed E-state index contributed by atoms with van der Waals surface area (Å²) < 4.78 is 10.4.